The van der Waals surface area contributed by atoms with E-state index in [9.17, 15) is 19.5 Å². The SMILES string of the molecule is COC(=O)CC(=O)Nc1c(C)nn(C(C)C)c1C(=O)O. The average Bonchev–Trinajstić information content (AvgIpc) is 2.66. The minimum atomic E-state index is -1.20. The van der Waals surface area contributed by atoms with Crippen LogP contribution in [-0.2, 0) is 14.3 Å². The number of carbonyl (C=O) groups is 3. The van der Waals surface area contributed by atoms with E-state index in [0.29, 0.717) is 5.69 Å². The summed E-state index contributed by atoms with van der Waals surface area (Å²) in [5.74, 6) is -2.55. The Morgan fingerprint density at radius 2 is 2.00 bits per heavy atom. The Morgan fingerprint density at radius 3 is 2.45 bits per heavy atom. The standard InChI is InChI=1S/C12H17N3O5/c1-6(2)15-11(12(18)19)10(7(3)14-15)13-8(16)5-9(17)20-4/h6H,5H2,1-4H3,(H,13,16)(H,18,19). The molecule has 0 aliphatic rings. The van der Waals surface area contributed by atoms with Gasteiger partial charge in [0.25, 0.3) is 0 Å². The highest BCUT2D eigenvalue weighted by molar-refractivity contribution is 6.05. The minimum Gasteiger partial charge on any atom is -0.476 e. The predicted molar refractivity (Wildman–Crippen MR) is 69.6 cm³/mol. The Labute approximate surface area is 115 Å². The van der Waals surface area contributed by atoms with Crippen molar-refractivity contribution >= 4 is 23.5 Å². The first-order chi connectivity index (χ1) is 9.27. The molecule has 1 amide bonds. The highest BCUT2D eigenvalue weighted by Crippen LogP contribution is 2.23. The first kappa shape index (κ1) is 15.7. The van der Waals surface area contributed by atoms with Gasteiger partial charge in [0.05, 0.1) is 18.5 Å². The van der Waals surface area contributed by atoms with Gasteiger partial charge in [0.2, 0.25) is 5.91 Å². The van der Waals surface area contributed by atoms with Crippen molar-refractivity contribution in [1.29, 1.82) is 0 Å². The van der Waals surface area contributed by atoms with Crippen LogP contribution in [0.25, 0.3) is 0 Å². The van der Waals surface area contributed by atoms with Crippen molar-refractivity contribution in [2.24, 2.45) is 0 Å². The minimum absolute atomic E-state index is 0.0973. The predicted octanol–water partition coefficient (Wildman–Crippen LogP) is 0.972. The average molecular weight is 283 g/mol. The number of esters is 1. The van der Waals surface area contributed by atoms with Gasteiger partial charge in [-0.15, -0.1) is 0 Å². The molecule has 0 aliphatic heterocycles. The lowest BCUT2D eigenvalue weighted by Crippen LogP contribution is -2.20. The van der Waals surface area contributed by atoms with E-state index in [4.69, 9.17) is 0 Å². The zero-order chi connectivity index (χ0) is 15.4. The van der Waals surface area contributed by atoms with Crippen LogP contribution in [-0.4, -0.2) is 39.8 Å². The van der Waals surface area contributed by atoms with Crippen molar-refractivity contribution in [3.8, 4) is 0 Å². The Morgan fingerprint density at radius 1 is 1.40 bits per heavy atom. The summed E-state index contributed by atoms with van der Waals surface area (Å²) in [4.78, 5) is 34.0. The largest absolute Gasteiger partial charge is 0.476 e. The van der Waals surface area contributed by atoms with E-state index >= 15 is 0 Å². The molecule has 2 N–H and O–H groups in total. The summed E-state index contributed by atoms with van der Waals surface area (Å²) >= 11 is 0. The van der Waals surface area contributed by atoms with Crippen LogP contribution in [0.2, 0.25) is 0 Å². The number of anilines is 1. The molecule has 1 aromatic rings. The first-order valence-electron chi connectivity index (χ1n) is 5.97. The highest BCUT2D eigenvalue weighted by atomic mass is 16.5. The molecular weight excluding hydrogens is 266 g/mol. The van der Waals surface area contributed by atoms with Crippen LogP contribution in [0.1, 0.15) is 42.5 Å². The molecule has 0 atom stereocenters. The van der Waals surface area contributed by atoms with Crippen LogP contribution in [0.3, 0.4) is 0 Å². The third kappa shape index (κ3) is 3.34. The molecule has 0 saturated carbocycles. The lowest BCUT2D eigenvalue weighted by atomic mass is 10.2. The number of rotatable bonds is 5. The van der Waals surface area contributed by atoms with Crippen LogP contribution in [0.5, 0.6) is 0 Å². The number of carbonyl (C=O) groups excluding carboxylic acids is 2. The number of amides is 1. The number of aryl methyl sites for hydroxylation is 1. The summed E-state index contributed by atoms with van der Waals surface area (Å²) in [6, 6.07) is -0.175. The van der Waals surface area contributed by atoms with Gasteiger partial charge in [0.15, 0.2) is 5.69 Å². The van der Waals surface area contributed by atoms with Crippen LogP contribution in [0.4, 0.5) is 5.69 Å². The van der Waals surface area contributed by atoms with Crippen molar-refractivity contribution in [1.82, 2.24) is 9.78 Å². The van der Waals surface area contributed by atoms with E-state index in [0.717, 1.165) is 0 Å². The molecule has 0 fully saturated rings. The summed E-state index contributed by atoms with van der Waals surface area (Å²) in [5.41, 5.74) is 0.352. The van der Waals surface area contributed by atoms with Gasteiger partial charge >= 0.3 is 11.9 Å². The quantitative estimate of drug-likeness (QED) is 0.615. The lowest BCUT2D eigenvalue weighted by Gasteiger charge is -2.09. The molecule has 1 rings (SSSR count). The molecular formula is C12H17N3O5. The van der Waals surface area contributed by atoms with E-state index in [-0.39, 0.29) is 17.4 Å². The topological polar surface area (TPSA) is 111 Å². The van der Waals surface area contributed by atoms with E-state index in [1.807, 2.05) is 0 Å². The van der Waals surface area contributed by atoms with Gasteiger partial charge in [-0.1, -0.05) is 0 Å². The van der Waals surface area contributed by atoms with Gasteiger partial charge in [0, 0.05) is 6.04 Å². The van der Waals surface area contributed by atoms with Gasteiger partial charge in [-0.2, -0.15) is 5.10 Å². The molecule has 0 saturated heterocycles. The van der Waals surface area contributed by atoms with E-state index in [1.54, 1.807) is 20.8 Å². The second-order valence-corrected chi connectivity index (χ2v) is 4.45. The number of carboxylic acid groups (broad SMARTS) is 1. The van der Waals surface area contributed by atoms with Gasteiger partial charge in [-0.25, -0.2) is 4.79 Å². The van der Waals surface area contributed by atoms with Gasteiger partial charge < -0.3 is 15.2 Å². The van der Waals surface area contributed by atoms with Crippen molar-refractivity contribution in [3.05, 3.63) is 11.4 Å². The number of methoxy groups -OCH3 is 1. The number of aromatic carboxylic acids is 1. The molecule has 0 unspecified atom stereocenters. The third-order valence-corrected chi connectivity index (χ3v) is 2.57. The van der Waals surface area contributed by atoms with Crippen LogP contribution >= 0.6 is 0 Å². The molecule has 0 aliphatic carbocycles. The smallest absolute Gasteiger partial charge is 0.356 e. The number of aromatic nitrogens is 2. The number of nitrogens with zero attached hydrogens (tertiary/aromatic N) is 2. The molecule has 0 radical (unpaired) electrons. The van der Waals surface area contributed by atoms with Crippen molar-refractivity contribution < 1.29 is 24.2 Å². The number of carboxylic acids is 1. The zero-order valence-electron chi connectivity index (χ0n) is 11.8. The maximum Gasteiger partial charge on any atom is 0.356 e. The number of hydrogen-bond acceptors (Lipinski definition) is 5. The van der Waals surface area contributed by atoms with Crippen LogP contribution < -0.4 is 5.32 Å². The van der Waals surface area contributed by atoms with Gasteiger partial charge in [-0.3, -0.25) is 14.3 Å². The highest BCUT2D eigenvalue weighted by Gasteiger charge is 2.24. The molecule has 1 heterocycles. The number of ether oxygens (including phenoxy) is 1. The summed E-state index contributed by atoms with van der Waals surface area (Å²) in [5, 5.41) is 15.7. The van der Waals surface area contributed by atoms with E-state index < -0.39 is 24.3 Å². The molecule has 110 valence electrons. The molecule has 8 heteroatoms. The number of hydrogen-bond donors (Lipinski definition) is 2. The summed E-state index contributed by atoms with van der Waals surface area (Å²) in [6.45, 7) is 5.14. The Kier molecular flexibility index (Phi) is 4.84. The number of nitrogens with one attached hydrogen (secondary N) is 1. The second kappa shape index (κ2) is 6.18. The van der Waals surface area contributed by atoms with Gasteiger partial charge in [-0.05, 0) is 20.8 Å². The van der Waals surface area contributed by atoms with Crippen molar-refractivity contribution in [2.45, 2.75) is 33.2 Å². The molecule has 0 bridgehead atoms. The van der Waals surface area contributed by atoms with Crippen LogP contribution in [0.15, 0.2) is 0 Å². The Hall–Kier alpha value is -2.38. The summed E-state index contributed by atoms with van der Waals surface area (Å²) in [7, 11) is 1.17. The van der Waals surface area contributed by atoms with E-state index in [1.165, 1.54) is 11.8 Å². The zero-order valence-corrected chi connectivity index (χ0v) is 11.8. The first-order valence-corrected chi connectivity index (χ1v) is 5.97. The molecule has 8 nitrogen and oxygen atoms in total. The van der Waals surface area contributed by atoms with Crippen LogP contribution in [0, 0.1) is 6.92 Å². The van der Waals surface area contributed by atoms with Crippen molar-refractivity contribution in [3.63, 3.8) is 0 Å². The molecule has 0 aromatic carbocycles. The van der Waals surface area contributed by atoms with E-state index in [2.05, 4.69) is 15.2 Å². The Balaban J connectivity index is 3.09. The molecule has 1 aromatic heterocycles. The summed E-state index contributed by atoms with van der Waals surface area (Å²) in [6.07, 6.45) is -0.484. The lowest BCUT2D eigenvalue weighted by molar-refractivity contribution is -0.142. The summed E-state index contributed by atoms with van der Waals surface area (Å²) < 4.78 is 5.68. The second-order valence-electron chi connectivity index (χ2n) is 4.45. The fourth-order valence-corrected chi connectivity index (χ4v) is 1.66. The van der Waals surface area contributed by atoms with Gasteiger partial charge in [0.1, 0.15) is 6.42 Å². The fraction of sp³-hybridized carbons (Fsp3) is 0.500. The normalized spacial score (nSPS) is 10.4. The maximum absolute atomic E-state index is 11.6. The Bertz CT molecular complexity index is 548. The van der Waals surface area contributed by atoms with Crippen molar-refractivity contribution in [2.75, 3.05) is 12.4 Å². The molecule has 0 spiro atoms. The fourth-order valence-electron chi connectivity index (χ4n) is 1.66. The maximum atomic E-state index is 11.6. The monoisotopic (exact) mass is 283 g/mol. The third-order valence-electron chi connectivity index (χ3n) is 2.57. The molecule has 20 heavy (non-hydrogen) atoms.